The zero-order chi connectivity index (χ0) is 25.9. The van der Waals surface area contributed by atoms with E-state index in [2.05, 4.69) is 25.2 Å². The molecule has 1 aromatic carbocycles. The zero-order valence-corrected chi connectivity index (χ0v) is 20.0. The predicted molar refractivity (Wildman–Crippen MR) is 119 cm³/mol. The third kappa shape index (κ3) is 6.61. The number of piperazine rings is 1. The van der Waals surface area contributed by atoms with Gasteiger partial charge in [0.25, 0.3) is 0 Å². The van der Waals surface area contributed by atoms with Gasteiger partial charge in [0.15, 0.2) is 12.2 Å². The Kier molecular flexibility index (Phi) is 8.23. The minimum atomic E-state index is -4.60. The first-order valence-corrected chi connectivity index (χ1v) is 11.1. The van der Waals surface area contributed by atoms with Gasteiger partial charge in [-0.05, 0) is 50.5 Å². The summed E-state index contributed by atoms with van der Waals surface area (Å²) in [6.45, 7) is 7.66. The predicted octanol–water partition coefficient (Wildman–Crippen LogP) is 3.05. The number of carbonyl (C=O) groups excluding carboxylic acids is 1. The molecule has 13 heteroatoms. The average Bonchev–Trinajstić information content (AvgIpc) is 3.24. The molecule has 0 aliphatic carbocycles. The van der Waals surface area contributed by atoms with Gasteiger partial charge in [-0.15, -0.1) is 5.10 Å². The van der Waals surface area contributed by atoms with E-state index in [0.29, 0.717) is 19.6 Å². The SMILES string of the molecule is Cc1cc(CN2CCN(C(=O)OC(C)C(F)(F)F)[C@@H](C)C2)c(C)c(Nc2nnc(C(O)CO)o2)c1. The molecule has 3 N–H and O–H groups in total. The van der Waals surface area contributed by atoms with Crippen molar-refractivity contribution < 1.29 is 37.3 Å². The Balaban J connectivity index is 1.65. The maximum Gasteiger partial charge on any atom is 0.425 e. The highest BCUT2D eigenvalue weighted by Crippen LogP contribution is 2.28. The maximum absolute atomic E-state index is 12.7. The van der Waals surface area contributed by atoms with Crippen LogP contribution in [0, 0.1) is 13.8 Å². The highest BCUT2D eigenvalue weighted by molar-refractivity contribution is 5.68. The number of amides is 1. The number of hydrogen-bond donors (Lipinski definition) is 3. The van der Waals surface area contributed by atoms with E-state index in [9.17, 15) is 23.1 Å². The molecule has 1 amide bonds. The summed E-state index contributed by atoms with van der Waals surface area (Å²) in [5.41, 5.74) is 3.63. The molecule has 1 aromatic heterocycles. The standard InChI is InChI=1S/C22H30F3N5O5/c1-12-7-16(14(3)17(8-12)26-20-28-27-19(35-20)18(32)11-31)10-29-5-6-30(13(2)9-29)21(33)34-15(4)22(23,24)25/h7-8,13,15,18,31-32H,5-6,9-11H2,1-4H3,(H,26,28)/t13-,15?,18?/m0/s1. The van der Waals surface area contributed by atoms with E-state index in [4.69, 9.17) is 9.52 Å². The van der Waals surface area contributed by atoms with Crippen LogP contribution < -0.4 is 5.32 Å². The van der Waals surface area contributed by atoms with Crippen LogP contribution in [-0.4, -0.2) is 80.9 Å². The number of nitrogens with one attached hydrogen (secondary N) is 1. The molecule has 0 radical (unpaired) electrons. The molecule has 2 heterocycles. The van der Waals surface area contributed by atoms with Crippen LogP contribution in [-0.2, 0) is 11.3 Å². The quantitative estimate of drug-likeness (QED) is 0.525. The summed E-state index contributed by atoms with van der Waals surface area (Å²) in [6, 6.07) is 3.69. The van der Waals surface area contributed by atoms with Crippen LogP contribution in [0.5, 0.6) is 0 Å². The van der Waals surface area contributed by atoms with Gasteiger partial charge in [-0.3, -0.25) is 4.90 Å². The normalized spacial score (nSPS) is 18.9. The van der Waals surface area contributed by atoms with Crippen LogP contribution in [0.15, 0.2) is 16.5 Å². The second kappa shape index (κ2) is 10.8. The van der Waals surface area contributed by atoms with Gasteiger partial charge in [0.1, 0.15) is 0 Å². The average molecular weight is 502 g/mol. The molecule has 10 nitrogen and oxygen atoms in total. The monoisotopic (exact) mass is 501 g/mol. The van der Waals surface area contributed by atoms with Crippen LogP contribution in [0.4, 0.5) is 29.7 Å². The van der Waals surface area contributed by atoms with Crippen molar-refractivity contribution in [3.8, 4) is 0 Å². The third-order valence-corrected chi connectivity index (χ3v) is 5.88. The lowest BCUT2D eigenvalue weighted by molar-refractivity contribution is -0.200. The first kappa shape index (κ1) is 26.7. The first-order valence-electron chi connectivity index (χ1n) is 11.1. The topological polar surface area (TPSA) is 124 Å². The summed E-state index contributed by atoms with van der Waals surface area (Å²) in [7, 11) is 0. The number of alkyl halides is 3. The lowest BCUT2D eigenvalue weighted by Gasteiger charge is -2.39. The number of halogens is 3. The lowest BCUT2D eigenvalue weighted by atomic mass is 10.0. The number of aliphatic hydroxyl groups is 2. The minimum absolute atomic E-state index is 0.0704. The summed E-state index contributed by atoms with van der Waals surface area (Å²) >= 11 is 0. The molecule has 3 atom stereocenters. The Labute approximate surface area is 200 Å². The molecule has 1 aliphatic heterocycles. The minimum Gasteiger partial charge on any atom is -0.437 e. The van der Waals surface area contributed by atoms with Crippen LogP contribution >= 0.6 is 0 Å². The number of aryl methyl sites for hydroxylation is 1. The van der Waals surface area contributed by atoms with E-state index in [1.165, 1.54) is 4.90 Å². The molecule has 1 fully saturated rings. The van der Waals surface area contributed by atoms with Gasteiger partial charge in [-0.25, -0.2) is 4.79 Å². The molecule has 1 aliphatic rings. The van der Waals surface area contributed by atoms with E-state index < -0.39 is 31.1 Å². The second-order valence-electron chi connectivity index (χ2n) is 8.71. The van der Waals surface area contributed by atoms with E-state index in [1.807, 2.05) is 26.0 Å². The van der Waals surface area contributed by atoms with Gasteiger partial charge in [0, 0.05) is 37.9 Å². The first-order chi connectivity index (χ1) is 16.4. The summed E-state index contributed by atoms with van der Waals surface area (Å²) in [5, 5.41) is 29.2. The van der Waals surface area contributed by atoms with E-state index in [0.717, 1.165) is 29.3 Å². The molecular weight excluding hydrogens is 471 g/mol. The summed E-state index contributed by atoms with van der Waals surface area (Å²) in [4.78, 5) is 15.7. The number of benzene rings is 1. The largest absolute Gasteiger partial charge is 0.437 e. The number of aromatic nitrogens is 2. The van der Waals surface area contributed by atoms with Crippen molar-refractivity contribution in [2.24, 2.45) is 0 Å². The van der Waals surface area contributed by atoms with Gasteiger partial charge in [0.2, 0.25) is 5.89 Å². The van der Waals surface area contributed by atoms with Crippen LogP contribution in [0.2, 0.25) is 0 Å². The highest BCUT2D eigenvalue weighted by atomic mass is 19.4. The van der Waals surface area contributed by atoms with Crippen LogP contribution in [0.25, 0.3) is 0 Å². The van der Waals surface area contributed by atoms with Crippen molar-refractivity contribution in [2.45, 2.75) is 58.7 Å². The number of anilines is 2. The van der Waals surface area contributed by atoms with Crippen molar-refractivity contribution in [3.63, 3.8) is 0 Å². The molecule has 0 spiro atoms. The van der Waals surface area contributed by atoms with Crippen molar-refractivity contribution >= 4 is 17.8 Å². The van der Waals surface area contributed by atoms with E-state index in [1.54, 1.807) is 6.92 Å². The van der Waals surface area contributed by atoms with Gasteiger partial charge in [-0.1, -0.05) is 11.2 Å². The Hall–Kier alpha value is -2.90. The number of hydrogen-bond acceptors (Lipinski definition) is 9. The Morgan fingerprint density at radius 1 is 1.31 bits per heavy atom. The number of ether oxygens (including phenoxy) is 1. The van der Waals surface area contributed by atoms with Crippen molar-refractivity contribution in [1.82, 2.24) is 20.0 Å². The van der Waals surface area contributed by atoms with Crippen molar-refractivity contribution in [3.05, 3.63) is 34.7 Å². The van der Waals surface area contributed by atoms with Crippen molar-refractivity contribution in [2.75, 3.05) is 31.6 Å². The number of carbonyl (C=O) groups is 1. The van der Waals surface area contributed by atoms with E-state index in [-0.39, 0.29) is 24.5 Å². The molecule has 194 valence electrons. The Morgan fingerprint density at radius 2 is 2.03 bits per heavy atom. The fraction of sp³-hybridized carbons (Fsp3) is 0.591. The number of rotatable bonds is 7. The van der Waals surface area contributed by atoms with Crippen molar-refractivity contribution in [1.29, 1.82) is 0 Å². The molecule has 2 unspecified atom stereocenters. The zero-order valence-electron chi connectivity index (χ0n) is 20.0. The van der Waals surface area contributed by atoms with Crippen LogP contribution in [0.1, 0.15) is 42.5 Å². The molecular formula is C22H30F3N5O5. The molecule has 2 aromatic rings. The summed E-state index contributed by atoms with van der Waals surface area (Å²) in [5.74, 6) is -0.101. The van der Waals surface area contributed by atoms with Gasteiger partial charge in [-0.2, -0.15) is 13.2 Å². The molecule has 1 saturated heterocycles. The van der Waals surface area contributed by atoms with Gasteiger partial charge >= 0.3 is 18.3 Å². The maximum atomic E-state index is 12.7. The van der Waals surface area contributed by atoms with E-state index >= 15 is 0 Å². The third-order valence-electron chi connectivity index (χ3n) is 5.88. The highest BCUT2D eigenvalue weighted by Gasteiger charge is 2.41. The van der Waals surface area contributed by atoms with Crippen LogP contribution in [0.3, 0.4) is 0 Å². The Bertz CT molecular complexity index is 1030. The van der Waals surface area contributed by atoms with Gasteiger partial charge < -0.3 is 29.6 Å². The molecule has 0 bridgehead atoms. The lowest BCUT2D eigenvalue weighted by Crippen LogP contribution is -2.54. The summed E-state index contributed by atoms with van der Waals surface area (Å²) < 4.78 is 48.1. The number of nitrogens with zero attached hydrogens (tertiary/aromatic N) is 4. The molecule has 3 rings (SSSR count). The molecule has 0 saturated carbocycles. The van der Waals surface area contributed by atoms with Gasteiger partial charge in [0.05, 0.1) is 6.61 Å². The second-order valence-corrected chi connectivity index (χ2v) is 8.71. The fourth-order valence-corrected chi connectivity index (χ4v) is 3.82. The smallest absolute Gasteiger partial charge is 0.425 e. The summed E-state index contributed by atoms with van der Waals surface area (Å²) in [6.07, 6.45) is -8.99. The fourth-order valence-electron chi connectivity index (χ4n) is 3.82. The Morgan fingerprint density at radius 3 is 2.66 bits per heavy atom. The molecule has 35 heavy (non-hydrogen) atoms. The number of aliphatic hydroxyl groups excluding tert-OH is 2.